The Morgan fingerprint density at radius 3 is 2.37 bits per heavy atom. The van der Waals surface area contributed by atoms with E-state index in [9.17, 15) is 14.0 Å². The SMILES string of the molecule is O=C(Oc1c(Br)cc(Br)cc1C=NNC(=O)c1[nH]c2ccc(F)cc2c1-c1ccccc1)c1ccccc1. The van der Waals surface area contributed by atoms with Gasteiger partial charge in [0, 0.05) is 26.5 Å². The molecular formula is C29H18Br2FN3O3. The lowest BCUT2D eigenvalue weighted by Crippen LogP contribution is -2.19. The predicted molar refractivity (Wildman–Crippen MR) is 152 cm³/mol. The lowest BCUT2D eigenvalue weighted by atomic mass is 10.0. The number of amides is 1. The molecule has 1 amide bonds. The van der Waals surface area contributed by atoms with E-state index in [4.69, 9.17) is 4.74 Å². The Morgan fingerprint density at radius 2 is 1.63 bits per heavy atom. The van der Waals surface area contributed by atoms with E-state index in [1.807, 2.05) is 30.3 Å². The zero-order valence-corrected chi connectivity index (χ0v) is 22.7. The molecule has 0 saturated heterocycles. The van der Waals surface area contributed by atoms with Crippen molar-refractivity contribution >= 4 is 60.9 Å². The molecule has 9 heteroatoms. The van der Waals surface area contributed by atoms with Gasteiger partial charge in [-0.2, -0.15) is 5.10 Å². The van der Waals surface area contributed by atoms with Gasteiger partial charge in [0.25, 0.3) is 5.91 Å². The average molecular weight is 635 g/mol. The molecule has 0 aliphatic rings. The van der Waals surface area contributed by atoms with E-state index in [2.05, 4.69) is 47.4 Å². The third-order valence-corrected chi connectivity index (χ3v) is 6.71. The van der Waals surface area contributed by atoms with Crippen LogP contribution in [0.4, 0.5) is 4.39 Å². The highest BCUT2D eigenvalue weighted by Gasteiger charge is 2.20. The van der Waals surface area contributed by atoms with E-state index < -0.39 is 17.7 Å². The Bertz CT molecular complexity index is 1690. The summed E-state index contributed by atoms with van der Waals surface area (Å²) in [5.74, 6) is -1.22. The zero-order valence-electron chi connectivity index (χ0n) is 19.5. The van der Waals surface area contributed by atoms with Crippen molar-refractivity contribution in [3.63, 3.8) is 0 Å². The number of H-pyrrole nitrogens is 1. The minimum absolute atomic E-state index is 0.236. The molecule has 0 fully saturated rings. The van der Waals surface area contributed by atoms with E-state index in [0.29, 0.717) is 36.5 Å². The summed E-state index contributed by atoms with van der Waals surface area (Å²) in [7, 11) is 0. The number of hydrogen-bond acceptors (Lipinski definition) is 4. The van der Waals surface area contributed by atoms with Gasteiger partial charge in [-0.25, -0.2) is 14.6 Å². The Labute approximate surface area is 233 Å². The first-order chi connectivity index (χ1) is 18.4. The number of esters is 1. The number of aromatic amines is 1. The van der Waals surface area contributed by atoms with Gasteiger partial charge in [0.05, 0.1) is 16.3 Å². The van der Waals surface area contributed by atoms with Gasteiger partial charge in [-0.05, 0) is 64.0 Å². The van der Waals surface area contributed by atoms with Gasteiger partial charge in [-0.1, -0.05) is 64.5 Å². The van der Waals surface area contributed by atoms with Crippen LogP contribution in [0.5, 0.6) is 5.75 Å². The number of ether oxygens (including phenoxy) is 1. The monoisotopic (exact) mass is 633 g/mol. The summed E-state index contributed by atoms with van der Waals surface area (Å²) in [6.45, 7) is 0. The van der Waals surface area contributed by atoms with Crippen LogP contribution < -0.4 is 10.2 Å². The van der Waals surface area contributed by atoms with Crippen molar-refractivity contribution in [2.75, 3.05) is 0 Å². The van der Waals surface area contributed by atoms with Crippen LogP contribution in [0.1, 0.15) is 26.4 Å². The van der Waals surface area contributed by atoms with E-state index >= 15 is 0 Å². The number of halogens is 3. The molecule has 0 radical (unpaired) electrons. The van der Waals surface area contributed by atoms with Crippen LogP contribution in [0, 0.1) is 5.82 Å². The number of hydrazone groups is 1. The number of hydrogen-bond donors (Lipinski definition) is 2. The molecule has 2 N–H and O–H groups in total. The highest BCUT2D eigenvalue weighted by atomic mass is 79.9. The quantitative estimate of drug-likeness (QED) is 0.0879. The lowest BCUT2D eigenvalue weighted by Gasteiger charge is -2.10. The summed E-state index contributed by atoms with van der Waals surface area (Å²) in [5.41, 5.74) is 5.52. The number of nitrogens with zero attached hydrogens (tertiary/aromatic N) is 1. The van der Waals surface area contributed by atoms with Crippen molar-refractivity contribution in [1.29, 1.82) is 0 Å². The number of fused-ring (bicyclic) bond motifs is 1. The second kappa shape index (κ2) is 11.1. The van der Waals surface area contributed by atoms with Crippen molar-refractivity contribution in [2.45, 2.75) is 0 Å². The minimum Gasteiger partial charge on any atom is -0.421 e. The minimum atomic E-state index is -0.537. The summed E-state index contributed by atoms with van der Waals surface area (Å²) in [4.78, 5) is 28.9. The van der Waals surface area contributed by atoms with Crippen LogP contribution in [-0.2, 0) is 0 Å². The topological polar surface area (TPSA) is 83.5 Å². The molecule has 188 valence electrons. The maximum Gasteiger partial charge on any atom is 0.343 e. The first-order valence-corrected chi connectivity index (χ1v) is 13.0. The molecule has 0 aliphatic carbocycles. The third kappa shape index (κ3) is 5.44. The van der Waals surface area contributed by atoms with Gasteiger partial charge >= 0.3 is 5.97 Å². The summed E-state index contributed by atoms with van der Waals surface area (Å²) in [5, 5.41) is 4.69. The summed E-state index contributed by atoms with van der Waals surface area (Å²) >= 11 is 6.85. The molecular weight excluding hydrogens is 617 g/mol. The number of carbonyl (C=O) groups is 2. The molecule has 1 aromatic heterocycles. The molecule has 0 aliphatic heterocycles. The second-order valence-electron chi connectivity index (χ2n) is 8.19. The molecule has 6 nitrogen and oxygen atoms in total. The maximum absolute atomic E-state index is 14.1. The molecule has 0 atom stereocenters. The van der Waals surface area contributed by atoms with Crippen molar-refractivity contribution in [1.82, 2.24) is 10.4 Å². The Hall–Kier alpha value is -4.08. The highest BCUT2D eigenvalue weighted by molar-refractivity contribution is 9.11. The van der Waals surface area contributed by atoms with Gasteiger partial charge in [0.1, 0.15) is 11.5 Å². The fourth-order valence-corrected chi connectivity index (χ4v) is 5.30. The number of nitrogens with one attached hydrogen (secondary N) is 2. The van der Waals surface area contributed by atoms with Crippen molar-refractivity contribution in [2.24, 2.45) is 5.10 Å². The summed E-state index contributed by atoms with van der Waals surface area (Å²) < 4.78 is 20.9. The molecule has 1 heterocycles. The number of benzene rings is 4. The van der Waals surface area contributed by atoms with E-state index in [1.54, 1.807) is 48.5 Å². The maximum atomic E-state index is 14.1. The predicted octanol–water partition coefficient (Wildman–Crippen LogP) is 7.48. The fourth-order valence-electron chi connectivity index (χ4n) is 3.97. The normalized spacial score (nSPS) is 11.1. The number of carbonyl (C=O) groups excluding carboxylic acids is 2. The lowest BCUT2D eigenvalue weighted by molar-refractivity contribution is 0.0733. The van der Waals surface area contributed by atoms with Gasteiger partial charge in [-0.3, -0.25) is 4.79 Å². The highest BCUT2D eigenvalue weighted by Crippen LogP contribution is 2.34. The molecule has 0 saturated carbocycles. The average Bonchev–Trinajstić information content (AvgIpc) is 3.30. The van der Waals surface area contributed by atoms with Crippen molar-refractivity contribution in [3.05, 3.63) is 123 Å². The molecule has 5 aromatic rings. The van der Waals surface area contributed by atoms with Crippen LogP contribution in [-0.4, -0.2) is 23.1 Å². The molecule has 0 unspecified atom stereocenters. The van der Waals surface area contributed by atoms with Gasteiger partial charge in [0.2, 0.25) is 0 Å². The van der Waals surface area contributed by atoms with E-state index in [-0.39, 0.29) is 11.4 Å². The largest absolute Gasteiger partial charge is 0.421 e. The van der Waals surface area contributed by atoms with Gasteiger partial charge < -0.3 is 9.72 Å². The summed E-state index contributed by atoms with van der Waals surface area (Å²) in [6, 6.07) is 25.6. The van der Waals surface area contributed by atoms with Gasteiger partial charge in [-0.15, -0.1) is 0 Å². The number of aromatic nitrogens is 1. The molecule has 0 bridgehead atoms. The first-order valence-electron chi connectivity index (χ1n) is 11.4. The van der Waals surface area contributed by atoms with E-state index in [1.165, 1.54) is 18.3 Å². The smallest absolute Gasteiger partial charge is 0.343 e. The Kier molecular flexibility index (Phi) is 7.48. The van der Waals surface area contributed by atoms with Gasteiger partial charge in [0.15, 0.2) is 5.75 Å². The van der Waals surface area contributed by atoms with Crippen LogP contribution in [0.25, 0.3) is 22.0 Å². The zero-order chi connectivity index (χ0) is 26.6. The van der Waals surface area contributed by atoms with Crippen LogP contribution in [0.3, 0.4) is 0 Å². The van der Waals surface area contributed by atoms with Crippen molar-refractivity contribution < 1.29 is 18.7 Å². The number of rotatable bonds is 6. The third-order valence-electron chi connectivity index (χ3n) is 5.66. The standard InChI is InChI=1S/C29H18Br2FN3O3/c30-20-13-19(27(23(31)14-20)38-29(37)18-9-5-2-6-10-18)16-33-35-28(36)26-25(17-7-3-1-4-8-17)22-15-21(32)11-12-24(22)34-26/h1-16,34H,(H,35,36). The first kappa shape index (κ1) is 25.6. The second-order valence-corrected chi connectivity index (χ2v) is 9.96. The Balaban J connectivity index is 1.44. The fraction of sp³-hybridized carbons (Fsp3) is 0. The van der Waals surface area contributed by atoms with Crippen LogP contribution in [0.2, 0.25) is 0 Å². The molecule has 5 rings (SSSR count). The van der Waals surface area contributed by atoms with Crippen LogP contribution in [0.15, 0.2) is 105 Å². The molecule has 4 aromatic carbocycles. The summed E-state index contributed by atoms with van der Waals surface area (Å²) in [6.07, 6.45) is 1.38. The van der Waals surface area contributed by atoms with Crippen LogP contribution >= 0.6 is 31.9 Å². The molecule has 0 spiro atoms. The molecule has 38 heavy (non-hydrogen) atoms. The Morgan fingerprint density at radius 1 is 0.921 bits per heavy atom. The van der Waals surface area contributed by atoms with Crippen molar-refractivity contribution in [3.8, 4) is 16.9 Å². The van der Waals surface area contributed by atoms with E-state index in [0.717, 1.165) is 5.56 Å².